The van der Waals surface area contributed by atoms with Crippen LogP contribution in [-0.4, -0.2) is 32.9 Å². The van der Waals surface area contributed by atoms with E-state index in [0.717, 1.165) is 23.3 Å². The van der Waals surface area contributed by atoms with E-state index in [9.17, 15) is 8.42 Å². The van der Waals surface area contributed by atoms with Crippen molar-refractivity contribution in [3.63, 3.8) is 0 Å². The molecule has 0 aromatic heterocycles. The van der Waals surface area contributed by atoms with Crippen molar-refractivity contribution in [2.45, 2.75) is 28.2 Å². The van der Waals surface area contributed by atoms with E-state index >= 15 is 0 Å². The Bertz CT molecular complexity index is 804. The molecule has 4 nitrogen and oxygen atoms in total. The van der Waals surface area contributed by atoms with Gasteiger partial charge in [0.15, 0.2) is 0 Å². The lowest BCUT2D eigenvalue weighted by molar-refractivity contribution is 0.0784. The second-order valence-electron chi connectivity index (χ2n) is 6.42. The molecule has 1 N–H and O–H groups in total. The van der Waals surface area contributed by atoms with Gasteiger partial charge < -0.3 is 4.74 Å². The van der Waals surface area contributed by atoms with Gasteiger partial charge in [-0.1, -0.05) is 41.9 Å². The highest BCUT2D eigenvalue weighted by atomic mass is 35.5. The Kier molecular flexibility index (Phi) is 6.64. The molecular formula is C19H22ClNO3S2. The van der Waals surface area contributed by atoms with Crippen LogP contribution in [0.25, 0.3) is 0 Å². The first-order chi connectivity index (χ1) is 12.5. The Morgan fingerprint density at radius 3 is 2.35 bits per heavy atom. The summed E-state index contributed by atoms with van der Waals surface area (Å²) in [5.74, 6) is -0.0489. The number of nitrogens with one attached hydrogen (secondary N) is 1. The summed E-state index contributed by atoms with van der Waals surface area (Å²) in [7, 11) is -3.42. The highest BCUT2D eigenvalue weighted by Gasteiger charge is 2.35. The van der Waals surface area contributed by atoms with Crippen molar-refractivity contribution in [3.05, 3.63) is 65.2 Å². The summed E-state index contributed by atoms with van der Waals surface area (Å²) in [5.41, 5.74) is 0.721. The van der Waals surface area contributed by atoms with E-state index in [-0.39, 0.29) is 10.5 Å². The normalized spacial score (nSPS) is 17.1. The Labute approximate surface area is 164 Å². The predicted octanol–water partition coefficient (Wildman–Crippen LogP) is 4.10. The molecule has 0 atom stereocenters. The fraction of sp³-hybridized carbons (Fsp3) is 0.368. The molecule has 0 bridgehead atoms. The third-order valence-electron chi connectivity index (χ3n) is 4.37. The number of hydrogen-bond donors (Lipinski definition) is 1. The first-order valence-electron chi connectivity index (χ1n) is 8.50. The minimum atomic E-state index is -3.42. The van der Waals surface area contributed by atoms with Crippen LogP contribution in [0.2, 0.25) is 5.02 Å². The maximum atomic E-state index is 12.5. The number of benzene rings is 2. The summed E-state index contributed by atoms with van der Waals surface area (Å²) in [5, 5.41) is 0.597. The van der Waals surface area contributed by atoms with E-state index in [4.69, 9.17) is 16.3 Å². The number of ether oxygens (including phenoxy) is 1. The molecule has 1 aliphatic rings. The second-order valence-corrected chi connectivity index (χ2v) is 10.2. The summed E-state index contributed by atoms with van der Waals surface area (Å²) in [6.07, 6.45) is 1.63. The van der Waals surface area contributed by atoms with Crippen LogP contribution in [0, 0.1) is 0 Å². The van der Waals surface area contributed by atoms with Gasteiger partial charge >= 0.3 is 0 Å². The van der Waals surface area contributed by atoms with Gasteiger partial charge in [-0.2, -0.15) is 0 Å². The molecule has 0 aliphatic carbocycles. The molecule has 0 spiro atoms. The third-order valence-corrected chi connectivity index (χ3v) is 7.41. The average molecular weight is 412 g/mol. The molecular weight excluding hydrogens is 390 g/mol. The fourth-order valence-electron chi connectivity index (χ4n) is 2.89. The summed E-state index contributed by atoms with van der Waals surface area (Å²) < 4.78 is 33.2. The summed E-state index contributed by atoms with van der Waals surface area (Å²) >= 11 is 7.60. The Morgan fingerprint density at radius 1 is 1.04 bits per heavy atom. The molecule has 26 heavy (non-hydrogen) atoms. The van der Waals surface area contributed by atoms with Gasteiger partial charge in [0.05, 0.1) is 5.75 Å². The van der Waals surface area contributed by atoms with Gasteiger partial charge in [0, 0.05) is 34.4 Å². The Hall–Kier alpha value is -1.05. The van der Waals surface area contributed by atoms with Crippen LogP contribution in [0.4, 0.5) is 0 Å². The zero-order valence-electron chi connectivity index (χ0n) is 14.4. The number of halogens is 1. The van der Waals surface area contributed by atoms with Crippen molar-refractivity contribution in [1.82, 2.24) is 4.72 Å². The molecule has 0 unspecified atom stereocenters. The second kappa shape index (κ2) is 8.76. The van der Waals surface area contributed by atoms with Gasteiger partial charge in [0.25, 0.3) is 0 Å². The lowest BCUT2D eigenvalue weighted by Gasteiger charge is -2.36. The van der Waals surface area contributed by atoms with E-state index in [1.54, 1.807) is 36.0 Å². The predicted molar refractivity (Wildman–Crippen MR) is 107 cm³/mol. The van der Waals surface area contributed by atoms with Gasteiger partial charge in [0.2, 0.25) is 10.0 Å². The highest BCUT2D eigenvalue weighted by molar-refractivity contribution is 8.00. The van der Waals surface area contributed by atoms with E-state index in [0.29, 0.717) is 24.8 Å². The first-order valence-corrected chi connectivity index (χ1v) is 11.3. The van der Waals surface area contributed by atoms with Crippen LogP contribution in [-0.2, 0) is 20.5 Å². The Balaban J connectivity index is 1.67. The standard InChI is InChI=1S/C19H22ClNO3S2/c20-17-8-6-16(7-9-17)14-26(22,23)21-15-19(10-12-24-13-11-19)25-18-4-2-1-3-5-18/h1-9,21H,10-15H2. The first kappa shape index (κ1) is 19.7. The maximum Gasteiger partial charge on any atom is 0.215 e. The van der Waals surface area contributed by atoms with E-state index in [1.165, 1.54) is 0 Å². The minimum absolute atomic E-state index is 0.0489. The smallest absolute Gasteiger partial charge is 0.215 e. The lowest BCUT2D eigenvalue weighted by Crippen LogP contribution is -2.44. The molecule has 1 fully saturated rings. The zero-order chi connectivity index (χ0) is 18.5. The van der Waals surface area contributed by atoms with Crippen molar-refractivity contribution in [2.24, 2.45) is 0 Å². The number of hydrogen-bond acceptors (Lipinski definition) is 4. The average Bonchev–Trinajstić information content (AvgIpc) is 2.64. The van der Waals surface area contributed by atoms with Crippen molar-refractivity contribution < 1.29 is 13.2 Å². The zero-order valence-corrected chi connectivity index (χ0v) is 16.7. The van der Waals surface area contributed by atoms with Crippen molar-refractivity contribution in [3.8, 4) is 0 Å². The molecule has 0 amide bonds. The highest BCUT2D eigenvalue weighted by Crippen LogP contribution is 2.40. The monoisotopic (exact) mass is 411 g/mol. The van der Waals surface area contributed by atoms with Gasteiger partial charge in [-0.15, -0.1) is 11.8 Å². The van der Waals surface area contributed by atoms with E-state index < -0.39 is 10.0 Å². The van der Waals surface area contributed by atoms with Crippen molar-refractivity contribution in [2.75, 3.05) is 19.8 Å². The van der Waals surface area contributed by atoms with Gasteiger partial charge in [-0.25, -0.2) is 13.1 Å². The Morgan fingerprint density at radius 2 is 1.69 bits per heavy atom. The van der Waals surface area contributed by atoms with Crippen LogP contribution >= 0.6 is 23.4 Å². The molecule has 140 valence electrons. The van der Waals surface area contributed by atoms with Gasteiger partial charge in [-0.05, 0) is 42.7 Å². The lowest BCUT2D eigenvalue weighted by atomic mass is 9.99. The molecule has 0 saturated carbocycles. The van der Waals surface area contributed by atoms with E-state index in [2.05, 4.69) is 16.9 Å². The van der Waals surface area contributed by atoms with Gasteiger partial charge in [0.1, 0.15) is 0 Å². The minimum Gasteiger partial charge on any atom is -0.381 e. The van der Waals surface area contributed by atoms with Crippen molar-refractivity contribution in [1.29, 1.82) is 0 Å². The molecule has 0 radical (unpaired) electrons. The molecule has 2 aromatic carbocycles. The maximum absolute atomic E-state index is 12.5. The molecule has 2 aromatic rings. The number of sulfonamides is 1. The van der Waals surface area contributed by atoms with Gasteiger partial charge in [-0.3, -0.25) is 0 Å². The molecule has 1 saturated heterocycles. The van der Waals surface area contributed by atoms with Crippen LogP contribution in [0.3, 0.4) is 0 Å². The summed E-state index contributed by atoms with van der Waals surface area (Å²) in [4.78, 5) is 1.14. The molecule has 7 heteroatoms. The van der Waals surface area contributed by atoms with E-state index in [1.807, 2.05) is 18.2 Å². The van der Waals surface area contributed by atoms with Crippen LogP contribution < -0.4 is 4.72 Å². The SMILES string of the molecule is O=S(=O)(Cc1ccc(Cl)cc1)NCC1(Sc2ccccc2)CCOCC1. The van der Waals surface area contributed by atoms with Crippen molar-refractivity contribution >= 4 is 33.4 Å². The van der Waals surface area contributed by atoms with Crippen LogP contribution in [0.5, 0.6) is 0 Å². The third kappa shape index (κ3) is 5.72. The van der Waals surface area contributed by atoms with Crippen LogP contribution in [0.15, 0.2) is 59.5 Å². The van der Waals surface area contributed by atoms with Crippen LogP contribution in [0.1, 0.15) is 18.4 Å². The number of rotatable bonds is 7. The number of thioether (sulfide) groups is 1. The molecule has 3 rings (SSSR count). The topological polar surface area (TPSA) is 55.4 Å². The fourth-order valence-corrected chi connectivity index (χ4v) is 5.64. The quantitative estimate of drug-likeness (QED) is 0.745. The molecule has 1 heterocycles. The summed E-state index contributed by atoms with van der Waals surface area (Å²) in [6, 6.07) is 17.0. The largest absolute Gasteiger partial charge is 0.381 e. The summed E-state index contributed by atoms with van der Waals surface area (Å²) in [6.45, 7) is 1.70. The molecule has 1 aliphatic heterocycles.